The number of allylic oxidation sites excluding steroid dienone is 12. The molecule has 0 fully saturated rings. The van der Waals surface area contributed by atoms with Crippen LogP contribution in [-0.2, 0) is 28.6 Å². The molecule has 0 saturated carbocycles. The summed E-state index contributed by atoms with van der Waals surface area (Å²) in [7, 11) is 0. The van der Waals surface area contributed by atoms with E-state index in [0.29, 0.717) is 19.3 Å². The van der Waals surface area contributed by atoms with E-state index in [1.807, 2.05) is 0 Å². The van der Waals surface area contributed by atoms with E-state index in [0.717, 1.165) is 89.9 Å². The second-order valence-electron chi connectivity index (χ2n) is 24.5. The summed E-state index contributed by atoms with van der Waals surface area (Å²) in [4.78, 5) is 38.5. The molecule has 0 heterocycles. The van der Waals surface area contributed by atoms with Crippen LogP contribution in [0.2, 0.25) is 0 Å². The highest BCUT2D eigenvalue weighted by atomic mass is 16.6. The minimum absolute atomic E-state index is 0.0882. The van der Waals surface area contributed by atoms with Gasteiger partial charge in [0.1, 0.15) is 13.2 Å². The molecule has 0 aromatic rings. The zero-order valence-corrected chi connectivity index (χ0v) is 55.5. The van der Waals surface area contributed by atoms with Gasteiger partial charge in [-0.3, -0.25) is 14.4 Å². The lowest BCUT2D eigenvalue weighted by Crippen LogP contribution is -2.30. The molecule has 0 saturated heterocycles. The second kappa shape index (κ2) is 71.3. The van der Waals surface area contributed by atoms with Crippen LogP contribution in [0.3, 0.4) is 0 Å². The van der Waals surface area contributed by atoms with Crippen molar-refractivity contribution in [3.05, 3.63) is 72.9 Å². The Labute approximate surface area is 516 Å². The molecule has 0 N–H and O–H groups in total. The molecule has 0 spiro atoms. The van der Waals surface area contributed by atoms with Gasteiger partial charge in [0, 0.05) is 19.3 Å². The van der Waals surface area contributed by atoms with E-state index in [2.05, 4.69) is 93.7 Å². The van der Waals surface area contributed by atoms with Crippen molar-refractivity contribution in [3.8, 4) is 0 Å². The minimum Gasteiger partial charge on any atom is -0.462 e. The third-order valence-corrected chi connectivity index (χ3v) is 16.2. The molecular weight excluding hydrogens is 1020 g/mol. The molecule has 6 nitrogen and oxygen atoms in total. The van der Waals surface area contributed by atoms with Crippen molar-refractivity contribution in [2.45, 2.75) is 386 Å². The zero-order valence-electron chi connectivity index (χ0n) is 55.5. The maximum atomic E-state index is 13.0. The highest BCUT2D eigenvalue weighted by Crippen LogP contribution is 2.19. The van der Waals surface area contributed by atoms with E-state index in [-0.39, 0.29) is 37.5 Å². The van der Waals surface area contributed by atoms with Gasteiger partial charge in [0.25, 0.3) is 0 Å². The van der Waals surface area contributed by atoms with E-state index < -0.39 is 6.10 Å². The molecular formula is C77H138O6. The molecule has 482 valence electrons. The van der Waals surface area contributed by atoms with Crippen LogP contribution in [-0.4, -0.2) is 37.2 Å². The lowest BCUT2D eigenvalue weighted by Gasteiger charge is -2.18. The zero-order chi connectivity index (χ0) is 59.9. The highest BCUT2D eigenvalue weighted by molar-refractivity contribution is 5.71. The molecule has 0 aromatic carbocycles. The van der Waals surface area contributed by atoms with Gasteiger partial charge in [-0.1, -0.05) is 363 Å². The molecule has 0 radical (unpaired) electrons. The first kappa shape index (κ1) is 79.8. The Morgan fingerprint density at radius 1 is 0.253 bits per heavy atom. The summed E-state index contributed by atoms with van der Waals surface area (Å²) in [5.74, 6) is -0.906. The number of carbonyl (C=O) groups excluding carboxylic acids is 3. The Bertz CT molecular complexity index is 1520. The SMILES string of the molecule is CC/C=C\C/C=C\C/C=C\C/C=C\C/C=C\C/C=C\CCCCC(=O)OC(COC(=O)CCCCCCCCCCCCCCCCCCCC)COC(=O)CCCCCCCCCCCCCCCCCCCCCCCCCCCC. The van der Waals surface area contributed by atoms with Crippen molar-refractivity contribution in [2.24, 2.45) is 0 Å². The van der Waals surface area contributed by atoms with E-state index in [4.69, 9.17) is 14.2 Å². The monoisotopic (exact) mass is 1160 g/mol. The van der Waals surface area contributed by atoms with Crippen molar-refractivity contribution in [3.63, 3.8) is 0 Å². The van der Waals surface area contributed by atoms with Gasteiger partial charge in [0.2, 0.25) is 0 Å². The van der Waals surface area contributed by atoms with Crippen LogP contribution in [0.1, 0.15) is 380 Å². The van der Waals surface area contributed by atoms with Crippen LogP contribution >= 0.6 is 0 Å². The first-order chi connectivity index (χ1) is 41.0. The van der Waals surface area contributed by atoms with Crippen molar-refractivity contribution in [1.29, 1.82) is 0 Å². The summed E-state index contributed by atoms with van der Waals surface area (Å²) in [6, 6.07) is 0. The molecule has 0 aromatic heterocycles. The Morgan fingerprint density at radius 2 is 0.470 bits per heavy atom. The Kier molecular flexibility index (Phi) is 68.6. The number of ether oxygens (including phenoxy) is 3. The van der Waals surface area contributed by atoms with Gasteiger partial charge < -0.3 is 14.2 Å². The quantitative estimate of drug-likeness (QED) is 0.0261. The Morgan fingerprint density at radius 3 is 0.735 bits per heavy atom. The number of hydrogen-bond acceptors (Lipinski definition) is 6. The standard InChI is InChI=1S/C77H138O6/c1-4-7-10-13-16-19-22-25-28-31-34-36-37-38-39-40-42-43-46-49-52-55-58-61-64-67-70-76(79)82-73-74(72-81-75(78)69-66-63-60-57-54-51-48-45-33-30-27-24-21-18-15-12-9-6-3)83-77(80)71-68-65-62-59-56-53-50-47-44-41-35-32-29-26-23-20-17-14-11-8-5-2/h8,11,17,20,26,29,35,41,47,50,56,59,74H,4-7,9-10,12-16,18-19,21-25,27-28,30-34,36-40,42-46,48-49,51-55,57-58,60-73H2,1-3H3/b11-8-,20-17-,29-26-,41-35-,50-47-,59-56-. The van der Waals surface area contributed by atoms with Gasteiger partial charge in [-0.2, -0.15) is 0 Å². The number of rotatable bonds is 67. The number of hydrogen-bond donors (Lipinski definition) is 0. The fraction of sp³-hybridized carbons (Fsp3) is 0.805. The predicted molar refractivity (Wildman–Crippen MR) is 362 cm³/mol. The molecule has 83 heavy (non-hydrogen) atoms. The maximum Gasteiger partial charge on any atom is 0.306 e. The van der Waals surface area contributed by atoms with Crippen molar-refractivity contribution in [2.75, 3.05) is 13.2 Å². The highest BCUT2D eigenvalue weighted by Gasteiger charge is 2.19. The van der Waals surface area contributed by atoms with E-state index >= 15 is 0 Å². The van der Waals surface area contributed by atoms with E-state index in [9.17, 15) is 14.4 Å². The average Bonchev–Trinajstić information content (AvgIpc) is 3.50. The fourth-order valence-electron chi connectivity index (χ4n) is 10.8. The molecule has 0 rings (SSSR count). The number of carbonyl (C=O) groups is 3. The topological polar surface area (TPSA) is 78.9 Å². The molecule has 0 bridgehead atoms. The summed E-state index contributed by atoms with van der Waals surface area (Å²) < 4.78 is 17.0. The van der Waals surface area contributed by atoms with Crippen LogP contribution < -0.4 is 0 Å². The van der Waals surface area contributed by atoms with E-state index in [1.165, 1.54) is 244 Å². The van der Waals surface area contributed by atoms with Gasteiger partial charge in [0.05, 0.1) is 0 Å². The molecule has 1 unspecified atom stereocenters. The molecule has 1 atom stereocenters. The van der Waals surface area contributed by atoms with E-state index in [1.54, 1.807) is 0 Å². The normalized spacial score (nSPS) is 12.5. The average molecular weight is 1160 g/mol. The van der Waals surface area contributed by atoms with Crippen LogP contribution in [0.5, 0.6) is 0 Å². The molecule has 0 aliphatic rings. The number of esters is 3. The fourth-order valence-corrected chi connectivity index (χ4v) is 10.8. The van der Waals surface area contributed by atoms with Crippen LogP contribution in [0.25, 0.3) is 0 Å². The predicted octanol–water partition coefficient (Wildman–Crippen LogP) is 25.2. The summed E-state index contributed by atoms with van der Waals surface area (Å²) in [6.07, 6.45) is 93.7. The van der Waals surface area contributed by atoms with Crippen molar-refractivity contribution in [1.82, 2.24) is 0 Å². The largest absolute Gasteiger partial charge is 0.462 e. The van der Waals surface area contributed by atoms with Gasteiger partial charge in [0.15, 0.2) is 6.10 Å². The minimum atomic E-state index is -0.798. The molecule has 0 amide bonds. The van der Waals surface area contributed by atoms with Crippen LogP contribution in [0, 0.1) is 0 Å². The van der Waals surface area contributed by atoms with Gasteiger partial charge in [-0.15, -0.1) is 0 Å². The third kappa shape index (κ3) is 69.5. The Hall–Kier alpha value is -3.15. The van der Waals surface area contributed by atoms with Crippen LogP contribution in [0.4, 0.5) is 0 Å². The van der Waals surface area contributed by atoms with Crippen molar-refractivity contribution < 1.29 is 28.6 Å². The maximum absolute atomic E-state index is 13.0. The van der Waals surface area contributed by atoms with Crippen LogP contribution in [0.15, 0.2) is 72.9 Å². The summed E-state index contributed by atoms with van der Waals surface area (Å²) >= 11 is 0. The lowest BCUT2D eigenvalue weighted by atomic mass is 10.0. The summed E-state index contributed by atoms with van der Waals surface area (Å²) in [5, 5.41) is 0. The van der Waals surface area contributed by atoms with Crippen molar-refractivity contribution >= 4 is 17.9 Å². The second-order valence-corrected chi connectivity index (χ2v) is 24.5. The smallest absolute Gasteiger partial charge is 0.306 e. The number of unbranched alkanes of at least 4 members (excludes halogenated alkanes) is 44. The lowest BCUT2D eigenvalue weighted by molar-refractivity contribution is -0.167. The summed E-state index contributed by atoms with van der Waals surface area (Å²) in [5.41, 5.74) is 0. The first-order valence-corrected chi connectivity index (χ1v) is 36.4. The van der Waals surface area contributed by atoms with Gasteiger partial charge in [-0.25, -0.2) is 0 Å². The molecule has 0 aliphatic heterocycles. The van der Waals surface area contributed by atoms with Gasteiger partial charge >= 0.3 is 17.9 Å². The third-order valence-electron chi connectivity index (χ3n) is 16.2. The molecule has 6 heteroatoms. The van der Waals surface area contributed by atoms with Gasteiger partial charge in [-0.05, 0) is 70.6 Å². The summed E-state index contributed by atoms with van der Waals surface area (Å²) in [6.45, 7) is 6.56. The molecule has 0 aliphatic carbocycles. The first-order valence-electron chi connectivity index (χ1n) is 36.4. The Balaban J connectivity index is 4.35.